The van der Waals surface area contributed by atoms with Crippen molar-refractivity contribution >= 4 is 18.3 Å². The van der Waals surface area contributed by atoms with Crippen LogP contribution in [-0.4, -0.2) is 52.0 Å². The summed E-state index contributed by atoms with van der Waals surface area (Å²) in [4.78, 5) is 14.3. The molecule has 3 rings (SSSR count). The Kier molecular flexibility index (Phi) is 6.28. The maximum atomic E-state index is 13.2. The van der Waals surface area contributed by atoms with Crippen molar-refractivity contribution in [2.24, 2.45) is 0 Å². The highest BCUT2D eigenvalue weighted by molar-refractivity contribution is 5.92. The molecule has 0 radical (unpaired) electrons. The van der Waals surface area contributed by atoms with E-state index in [4.69, 9.17) is 0 Å². The van der Waals surface area contributed by atoms with Gasteiger partial charge in [-0.25, -0.2) is 9.07 Å². The Labute approximate surface area is 146 Å². The smallest absolute Gasteiger partial charge is 0.276 e. The zero-order chi connectivity index (χ0) is 16.2. The van der Waals surface area contributed by atoms with Crippen molar-refractivity contribution in [3.8, 4) is 0 Å². The Morgan fingerprint density at radius 3 is 2.79 bits per heavy atom. The fourth-order valence-corrected chi connectivity index (χ4v) is 2.83. The molecule has 0 spiro atoms. The Bertz CT molecular complexity index is 685. The van der Waals surface area contributed by atoms with Crippen LogP contribution < -0.4 is 5.32 Å². The Hall–Kier alpha value is -1.99. The van der Waals surface area contributed by atoms with Gasteiger partial charge in [-0.3, -0.25) is 4.79 Å². The van der Waals surface area contributed by atoms with Crippen LogP contribution in [-0.2, 0) is 6.54 Å². The highest BCUT2D eigenvalue weighted by Crippen LogP contribution is 2.13. The van der Waals surface area contributed by atoms with Crippen LogP contribution in [0.1, 0.15) is 28.9 Å². The monoisotopic (exact) mass is 353 g/mol. The zero-order valence-corrected chi connectivity index (χ0v) is 14.3. The molecule has 0 unspecified atom stereocenters. The number of aromatic nitrogens is 3. The summed E-state index contributed by atoms with van der Waals surface area (Å²) in [5.41, 5.74) is 1.12. The molecular formula is C16H21ClFN5O. The second-order valence-corrected chi connectivity index (χ2v) is 5.79. The topological polar surface area (TPSA) is 63.1 Å². The number of benzene rings is 1. The van der Waals surface area contributed by atoms with E-state index in [0.717, 1.165) is 31.5 Å². The molecule has 1 fully saturated rings. The molecule has 24 heavy (non-hydrogen) atoms. The summed E-state index contributed by atoms with van der Waals surface area (Å²) in [6.45, 7) is 1.84. The largest absolute Gasteiger partial charge is 0.337 e. The molecule has 8 heteroatoms. The fourth-order valence-electron chi connectivity index (χ4n) is 2.83. The van der Waals surface area contributed by atoms with E-state index in [1.165, 1.54) is 12.1 Å². The molecule has 1 amide bonds. The number of halogens is 2. The Morgan fingerprint density at radius 2 is 2.12 bits per heavy atom. The van der Waals surface area contributed by atoms with Gasteiger partial charge in [-0.2, -0.15) is 0 Å². The molecule has 2 aromatic rings. The van der Waals surface area contributed by atoms with E-state index in [-0.39, 0.29) is 24.1 Å². The number of nitrogens with zero attached hydrogens (tertiary/aromatic N) is 4. The fraction of sp³-hybridized carbons (Fsp3) is 0.438. The van der Waals surface area contributed by atoms with Crippen LogP contribution in [0.3, 0.4) is 0 Å². The molecule has 130 valence electrons. The van der Waals surface area contributed by atoms with Gasteiger partial charge >= 0.3 is 0 Å². The average Bonchev–Trinajstić information content (AvgIpc) is 3.03. The summed E-state index contributed by atoms with van der Waals surface area (Å²) in [6.07, 6.45) is 3.51. The SMILES string of the molecule is CNC1CCN(C(=O)c2cn(Cc3cccc(F)c3)nn2)CC1.Cl. The number of carbonyl (C=O) groups is 1. The van der Waals surface area contributed by atoms with Crippen molar-refractivity contribution < 1.29 is 9.18 Å². The van der Waals surface area contributed by atoms with E-state index >= 15 is 0 Å². The first kappa shape index (κ1) is 18.4. The lowest BCUT2D eigenvalue weighted by molar-refractivity contribution is 0.0701. The van der Waals surface area contributed by atoms with Gasteiger partial charge in [0, 0.05) is 19.1 Å². The summed E-state index contributed by atoms with van der Waals surface area (Å²) < 4.78 is 14.8. The van der Waals surface area contributed by atoms with Crippen molar-refractivity contribution in [3.63, 3.8) is 0 Å². The van der Waals surface area contributed by atoms with Crippen LogP contribution in [0.5, 0.6) is 0 Å². The molecular weight excluding hydrogens is 333 g/mol. The van der Waals surface area contributed by atoms with Crippen molar-refractivity contribution in [1.29, 1.82) is 0 Å². The second-order valence-electron chi connectivity index (χ2n) is 5.79. The average molecular weight is 354 g/mol. The number of likely N-dealkylation sites (tertiary alicyclic amines) is 1. The maximum Gasteiger partial charge on any atom is 0.276 e. The minimum Gasteiger partial charge on any atom is -0.337 e. The predicted octanol–water partition coefficient (Wildman–Crippen LogP) is 1.71. The Morgan fingerprint density at radius 1 is 1.38 bits per heavy atom. The van der Waals surface area contributed by atoms with Gasteiger partial charge in [-0.05, 0) is 37.6 Å². The van der Waals surface area contributed by atoms with Gasteiger partial charge in [-0.15, -0.1) is 17.5 Å². The van der Waals surface area contributed by atoms with E-state index in [9.17, 15) is 9.18 Å². The van der Waals surface area contributed by atoms with E-state index in [1.807, 2.05) is 18.0 Å². The van der Waals surface area contributed by atoms with Crippen molar-refractivity contribution in [1.82, 2.24) is 25.2 Å². The third kappa shape index (κ3) is 4.30. The molecule has 1 N–H and O–H groups in total. The van der Waals surface area contributed by atoms with Gasteiger partial charge in [0.15, 0.2) is 5.69 Å². The third-order valence-electron chi connectivity index (χ3n) is 4.18. The van der Waals surface area contributed by atoms with Gasteiger partial charge in [0.2, 0.25) is 0 Å². The van der Waals surface area contributed by atoms with Crippen molar-refractivity contribution in [3.05, 3.63) is 47.5 Å². The number of piperidine rings is 1. The van der Waals surface area contributed by atoms with Gasteiger partial charge in [-0.1, -0.05) is 17.3 Å². The summed E-state index contributed by atoms with van der Waals surface area (Å²) in [5.74, 6) is -0.378. The van der Waals surface area contributed by atoms with Gasteiger partial charge < -0.3 is 10.2 Å². The molecule has 0 bridgehead atoms. The lowest BCUT2D eigenvalue weighted by Crippen LogP contribution is -2.44. The number of nitrogens with one attached hydrogen (secondary N) is 1. The summed E-state index contributed by atoms with van der Waals surface area (Å²) in [7, 11) is 1.94. The van der Waals surface area contributed by atoms with Crippen LogP contribution in [0, 0.1) is 5.82 Å². The normalized spacial score (nSPS) is 15.2. The van der Waals surface area contributed by atoms with Crippen LogP contribution in [0.25, 0.3) is 0 Å². The van der Waals surface area contributed by atoms with Crippen LogP contribution >= 0.6 is 12.4 Å². The second kappa shape index (κ2) is 8.21. The first-order valence-corrected chi connectivity index (χ1v) is 7.77. The predicted molar refractivity (Wildman–Crippen MR) is 90.8 cm³/mol. The van der Waals surface area contributed by atoms with Gasteiger partial charge in [0.05, 0.1) is 12.7 Å². The van der Waals surface area contributed by atoms with Crippen LogP contribution in [0.4, 0.5) is 4.39 Å². The summed E-state index contributed by atoms with van der Waals surface area (Å²) in [5, 5.41) is 11.2. The molecule has 1 aromatic carbocycles. The van der Waals surface area contributed by atoms with Crippen molar-refractivity contribution in [2.75, 3.05) is 20.1 Å². The molecule has 1 saturated heterocycles. The van der Waals surface area contributed by atoms with Gasteiger partial charge in [0.25, 0.3) is 5.91 Å². The standard InChI is InChI=1S/C16H20FN5O.ClH/c1-18-14-5-7-21(8-6-14)16(23)15-11-22(20-19-15)10-12-3-2-4-13(17)9-12;/h2-4,9,11,14,18H,5-8,10H2,1H3;1H. The van der Waals surface area contributed by atoms with E-state index in [1.54, 1.807) is 16.9 Å². The maximum absolute atomic E-state index is 13.2. The van der Waals surface area contributed by atoms with E-state index in [0.29, 0.717) is 18.3 Å². The molecule has 2 heterocycles. The van der Waals surface area contributed by atoms with Crippen LogP contribution in [0.15, 0.2) is 30.5 Å². The first-order chi connectivity index (χ1) is 11.2. The Balaban J connectivity index is 0.00000208. The summed E-state index contributed by atoms with van der Waals surface area (Å²) in [6, 6.07) is 6.79. The van der Waals surface area contributed by atoms with E-state index in [2.05, 4.69) is 15.6 Å². The van der Waals surface area contributed by atoms with Crippen molar-refractivity contribution in [2.45, 2.75) is 25.4 Å². The lowest BCUT2D eigenvalue weighted by atomic mass is 10.1. The summed E-state index contributed by atoms with van der Waals surface area (Å²) >= 11 is 0. The lowest BCUT2D eigenvalue weighted by Gasteiger charge is -2.31. The molecule has 1 aliphatic rings. The highest BCUT2D eigenvalue weighted by atomic mass is 35.5. The third-order valence-corrected chi connectivity index (χ3v) is 4.18. The molecule has 1 aliphatic heterocycles. The number of hydrogen-bond donors (Lipinski definition) is 1. The molecule has 0 saturated carbocycles. The van der Waals surface area contributed by atoms with Gasteiger partial charge in [0.1, 0.15) is 5.82 Å². The minimum atomic E-state index is -0.286. The zero-order valence-electron chi connectivity index (χ0n) is 13.5. The molecule has 1 aromatic heterocycles. The molecule has 0 atom stereocenters. The van der Waals surface area contributed by atoms with E-state index < -0.39 is 0 Å². The minimum absolute atomic E-state index is 0. The first-order valence-electron chi connectivity index (χ1n) is 7.77. The number of carbonyl (C=O) groups excluding carboxylic acids is 1. The molecule has 0 aliphatic carbocycles. The highest BCUT2D eigenvalue weighted by Gasteiger charge is 2.24. The quantitative estimate of drug-likeness (QED) is 0.909. The number of rotatable bonds is 4. The van der Waals surface area contributed by atoms with Crippen LogP contribution in [0.2, 0.25) is 0 Å². The number of hydrogen-bond acceptors (Lipinski definition) is 4. The number of amides is 1. The molecule has 6 nitrogen and oxygen atoms in total.